The van der Waals surface area contributed by atoms with Crippen molar-refractivity contribution in [1.29, 1.82) is 0 Å². The number of fused-ring (bicyclic) bond motifs is 1. The number of aliphatic hydroxyl groups excluding tert-OH is 1. The summed E-state index contributed by atoms with van der Waals surface area (Å²) in [6.07, 6.45) is 2.79. The molecule has 7 nitrogen and oxygen atoms in total. The third kappa shape index (κ3) is 3.95. The number of hydrogen-bond donors (Lipinski definition) is 4. The summed E-state index contributed by atoms with van der Waals surface area (Å²) in [5.41, 5.74) is 3.22. The molecule has 0 aliphatic carbocycles. The van der Waals surface area contributed by atoms with E-state index in [1.807, 2.05) is 35.0 Å². The molecule has 0 saturated carbocycles. The van der Waals surface area contributed by atoms with Crippen molar-refractivity contribution >= 4 is 17.3 Å². The molecule has 1 aliphatic heterocycles. The minimum atomic E-state index is 0.151. The monoisotopic (exact) mass is 380 g/mol. The number of nitrogens with one attached hydrogen (secondary N) is 3. The van der Waals surface area contributed by atoms with Gasteiger partial charge in [-0.1, -0.05) is 44.2 Å². The van der Waals surface area contributed by atoms with Gasteiger partial charge in [-0.2, -0.15) is 9.61 Å². The van der Waals surface area contributed by atoms with Crippen LogP contribution in [0.15, 0.2) is 42.6 Å². The van der Waals surface area contributed by atoms with E-state index in [0.717, 1.165) is 35.8 Å². The quantitative estimate of drug-likeness (QED) is 0.504. The van der Waals surface area contributed by atoms with Crippen LogP contribution in [0.5, 0.6) is 0 Å². The first kappa shape index (κ1) is 18.7. The van der Waals surface area contributed by atoms with Crippen LogP contribution in [0.4, 0.5) is 11.6 Å². The summed E-state index contributed by atoms with van der Waals surface area (Å²) in [4.78, 5) is 4.85. The minimum absolute atomic E-state index is 0.151. The number of rotatable bonds is 7. The number of anilines is 2. The molecule has 1 aliphatic rings. The van der Waals surface area contributed by atoms with Gasteiger partial charge < -0.3 is 21.1 Å². The van der Waals surface area contributed by atoms with Crippen LogP contribution in [0, 0.1) is 0 Å². The molecule has 1 saturated heterocycles. The maximum absolute atomic E-state index is 9.36. The van der Waals surface area contributed by atoms with Gasteiger partial charge in [0, 0.05) is 36.8 Å². The van der Waals surface area contributed by atoms with Gasteiger partial charge in [0.15, 0.2) is 5.65 Å². The Morgan fingerprint density at radius 1 is 1.29 bits per heavy atom. The summed E-state index contributed by atoms with van der Waals surface area (Å²) in [6, 6.07) is 12.7. The van der Waals surface area contributed by atoms with Crippen LogP contribution in [-0.2, 0) is 6.54 Å². The lowest BCUT2D eigenvalue weighted by molar-refractivity contribution is 0.254. The van der Waals surface area contributed by atoms with Gasteiger partial charge in [0.2, 0.25) is 0 Å². The van der Waals surface area contributed by atoms with Crippen LogP contribution in [-0.4, -0.2) is 44.9 Å². The van der Waals surface area contributed by atoms with E-state index in [4.69, 9.17) is 4.98 Å². The zero-order chi connectivity index (χ0) is 19.5. The Hall–Kier alpha value is -2.64. The summed E-state index contributed by atoms with van der Waals surface area (Å²) in [5, 5.41) is 24.3. The zero-order valence-electron chi connectivity index (χ0n) is 16.4. The largest absolute Gasteiger partial charge is 0.395 e. The second kappa shape index (κ2) is 8.16. The van der Waals surface area contributed by atoms with E-state index in [1.165, 1.54) is 5.56 Å². The number of nitrogens with zero attached hydrogens (tertiary/aromatic N) is 3. The molecular weight excluding hydrogens is 352 g/mol. The SMILES string of the molecule is CC(C)c1cnn2c(NCc3ccccc3)cc(N[C@H]3CN[C@@H](CO)C3)nc12. The Morgan fingerprint density at radius 3 is 2.82 bits per heavy atom. The highest BCUT2D eigenvalue weighted by molar-refractivity contribution is 5.61. The van der Waals surface area contributed by atoms with Gasteiger partial charge in [-0.15, -0.1) is 0 Å². The second-order valence-electron chi connectivity index (χ2n) is 7.72. The van der Waals surface area contributed by atoms with E-state index < -0.39 is 0 Å². The lowest BCUT2D eigenvalue weighted by Gasteiger charge is -2.16. The van der Waals surface area contributed by atoms with Gasteiger partial charge in [0.25, 0.3) is 0 Å². The fourth-order valence-electron chi connectivity index (χ4n) is 3.65. The Labute approximate surface area is 165 Å². The van der Waals surface area contributed by atoms with Gasteiger partial charge in [-0.25, -0.2) is 4.98 Å². The summed E-state index contributed by atoms with van der Waals surface area (Å²) in [6.45, 7) is 6.01. The Kier molecular flexibility index (Phi) is 5.45. The van der Waals surface area contributed by atoms with Crippen molar-refractivity contribution < 1.29 is 5.11 Å². The molecule has 0 unspecified atom stereocenters. The van der Waals surface area contributed by atoms with Crippen LogP contribution >= 0.6 is 0 Å². The lowest BCUT2D eigenvalue weighted by atomic mass is 10.1. The lowest BCUT2D eigenvalue weighted by Crippen LogP contribution is -2.25. The normalized spacial score (nSPS) is 19.4. The highest BCUT2D eigenvalue weighted by atomic mass is 16.3. The first-order valence-electron chi connectivity index (χ1n) is 9.91. The minimum Gasteiger partial charge on any atom is -0.395 e. The van der Waals surface area contributed by atoms with Crippen LogP contribution < -0.4 is 16.0 Å². The first-order chi connectivity index (χ1) is 13.6. The van der Waals surface area contributed by atoms with E-state index in [-0.39, 0.29) is 18.7 Å². The fourth-order valence-corrected chi connectivity index (χ4v) is 3.65. The van der Waals surface area contributed by atoms with Gasteiger partial charge in [0.1, 0.15) is 11.6 Å². The van der Waals surface area contributed by atoms with Gasteiger partial charge in [-0.05, 0) is 17.9 Å². The molecule has 3 heterocycles. The van der Waals surface area contributed by atoms with E-state index in [2.05, 4.69) is 47.0 Å². The first-order valence-corrected chi connectivity index (χ1v) is 9.91. The summed E-state index contributed by atoms with van der Waals surface area (Å²) < 4.78 is 1.88. The van der Waals surface area contributed by atoms with Gasteiger partial charge in [-0.3, -0.25) is 0 Å². The zero-order valence-corrected chi connectivity index (χ0v) is 16.4. The van der Waals surface area contributed by atoms with Crippen molar-refractivity contribution in [3.63, 3.8) is 0 Å². The van der Waals surface area contributed by atoms with E-state index in [0.29, 0.717) is 12.5 Å². The molecule has 0 radical (unpaired) electrons. The molecule has 0 spiro atoms. The highest BCUT2D eigenvalue weighted by Crippen LogP contribution is 2.25. The Morgan fingerprint density at radius 2 is 2.11 bits per heavy atom. The maximum Gasteiger partial charge on any atom is 0.163 e. The second-order valence-corrected chi connectivity index (χ2v) is 7.72. The molecule has 0 bridgehead atoms. The molecule has 2 aromatic heterocycles. The summed E-state index contributed by atoms with van der Waals surface area (Å²) in [7, 11) is 0. The molecule has 4 rings (SSSR count). The molecule has 1 aromatic carbocycles. The molecule has 2 atom stereocenters. The molecule has 28 heavy (non-hydrogen) atoms. The van der Waals surface area contributed by atoms with Crippen molar-refractivity contribution in [2.75, 3.05) is 23.8 Å². The van der Waals surface area contributed by atoms with E-state index in [1.54, 1.807) is 0 Å². The van der Waals surface area contributed by atoms with Crippen LogP contribution in [0.1, 0.15) is 37.3 Å². The molecule has 7 heteroatoms. The Bertz CT molecular complexity index is 923. The molecule has 0 amide bonds. The fraction of sp³-hybridized carbons (Fsp3) is 0.429. The van der Waals surface area contributed by atoms with Crippen LogP contribution in [0.3, 0.4) is 0 Å². The Balaban J connectivity index is 1.62. The molecule has 148 valence electrons. The molecular formula is C21H28N6O. The standard InChI is InChI=1S/C21H28N6O/c1-14(2)18-12-24-27-20(23-10-15-6-4-3-5-7-15)9-19(26-21(18)27)25-16-8-17(13-28)22-11-16/h3-7,9,12,14,16-17,22-23,28H,8,10-11,13H2,1-2H3,(H,25,26)/t16-,17-/m1/s1. The topological polar surface area (TPSA) is 86.5 Å². The third-order valence-corrected chi connectivity index (χ3v) is 5.23. The number of aromatic nitrogens is 3. The smallest absolute Gasteiger partial charge is 0.163 e. The number of aliphatic hydroxyl groups is 1. The van der Waals surface area contributed by atoms with E-state index in [9.17, 15) is 5.11 Å². The number of benzene rings is 1. The van der Waals surface area contributed by atoms with Crippen LogP contribution in [0.2, 0.25) is 0 Å². The summed E-state index contributed by atoms with van der Waals surface area (Å²) >= 11 is 0. The average molecular weight is 380 g/mol. The maximum atomic E-state index is 9.36. The van der Waals surface area contributed by atoms with Gasteiger partial charge >= 0.3 is 0 Å². The van der Waals surface area contributed by atoms with Crippen molar-refractivity contribution in [3.8, 4) is 0 Å². The van der Waals surface area contributed by atoms with E-state index >= 15 is 0 Å². The number of hydrogen-bond acceptors (Lipinski definition) is 6. The molecule has 3 aromatic rings. The average Bonchev–Trinajstić information content (AvgIpc) is 3.33. The highest BCUT2D eigenvalue weighted by Gasteiger charge is 2.24. The van der Waals surface area contributed by atoms with Crippen molar-refractivity contribution in [1.82, 2.24) is 19.9 Å². The summed E-state index contributed by atoms with van der Waals surface area (Å²) in [5.74, 6) is 2.08. The predicted octanol–water partition coefficient (Wildman–Crippen LogP) is 2.60. The molecule has 4 N–H and O–H groups in total. The third-order valence-electron chi connectivity index (χ3n) is 5.23. The molecule has 1 fully saturated rings. The van der Waals surface area contributed by atoms with Crippen LogP contribution in [0.25, 0.3) is 5.65 Å². The van der Waals surface area contributed by atoms with Crippen molar-refractivity contribution in [3.05, 3.63) is 53.7 Å². The van der Waals surface area contributed by atoms with Gasteiger partial charge in [0.05, 0.1) is 12.8 Å². The van der Waals surface area contributed by atoms with Crippen molar-refractivity contribution in [2.45, 2.75) is 44.8 Å². The predicted molar refractivity (Wildman–Crippen MR) is 112 cm³/mol. The van der Waals surface area contributed by atoms with Crippen molar-refractivity contribution in [2.24, 2.45) is 0 Å².